The van der Waals surface area contributed by atoms with E-state index in [2.05, 4.69) is 35.2 Å². The number of rotatable bonds is 2. The highest BCUT2D eigenvalue weighted by Gasteiger charge is 2.34. The lowest BCUT2D eigenvalue weighted by Gasteiger charge is -2.37. The van der Waals surface area contributed by atoms with Crippen molar-refractivity contribution in [2.75, 3.05) is 25.0 Å². The van der Waals surface area contributed by atoms with Gasteiger partial charge in [0, 0.05) is 44.1 Å². The molecule has 0 amide bonds. The Morgan fingerprint density at radius 1 is 1.15 bits per heavy atom. The number of amidine groups is 1. The summed E-state index contributed by atoms with van der Waals surface area (Å²) in [5.74, 6) is 1.26. The van der Waals surface area contributed by atoms with E-state index >= 15 is 0 Å². The molecule has 9 heteroatoms. The van der Waals surface area contributed by atoms with E-state index in [-0.39, 0.29) is 6.04 Å². The second kappa shape index (κ2) is 6.62. The van der Waals surface area contributed by atoms with Crippen molar-refractivity contribution in [1.29, 1.82) is 0 Å². The first kappa shape index (κ1) is 17.4. The van der Waals surface area contributed by atoms with Crippen molar-refractivity contribution < 1.29 is 8.42 Å². The Bertz CT molecular complexity index is 953. The normalized spacial score (nSPS) is 19.2. The van der Waals surface area contributed by atoms with Gasteiger partial charge in [-0.3, -0.25) is 0 Å². The van der Waals surface area contributed by atoms with Gasteiger partial charge in [-0.1, -0.05) is 12.1 Å². The third-order valence-electron chi connectivity index (χ3n) is 4.85. The van der Waals surface area contributed by atoms with Crippen LogP contribution < -0.4 is 4.90 Å². The number of fused-ring (bicyclic) bond motifs is 1. The van der Waals surface area contributed by atoms with Crippen molar-refractivity contribution in [2.45, 2.75) is 23.8 Å². The maximum atomic E-state index is 12.3. The fraction of sp³-hybridized carbons (Fsp3) is 0.353. The molecule has 7 nitrogen and oxygen atoms in total. The van der Waals surface area contributed by atoms with Crippen LogP contribution in [0.1, 0.15) is 18.4 Å². The lowest BCUT2D eigenvalue weighted by atomic mass is 10.0. The second-order valence-electron chi connectivity index (χ2n) is 6.42. The zero-order valence-corrected chi connectivity index (χ0v) is 16.6. The summed E-state index contributed by atoms with van der Waals surface area (Å²) >= 11 is 3.35. The van der Waals surface area contributed by atoms with Crippen LogP contribution in [0.25, 0.3) is 0 Å². The summed E-state index contributed by atoms with van der Waals surface area (Å²) in [5.41, 5.74) is 0.689. The highest BCUT2D eigenvalue weighted by molar-refractivity contribution is 9.10. The zero-order chi connectivity index (χ0) is 18.3. The molecule has 0 spiro atoms. The maximum absolute atomic E-state index is 12.3. The van der Waals surface area contributed by atoms with E-state index in [1.807, 2.05) is 24.1 Å². The molecular formula is C17H18BrN5O2S. The maximum Gasteiger partial charge on any atom is 0.285 e. The average molecular weight is 436 g/mol. The van der Waals surface area contributed by atoms with E-state index in [0.717, 1.165) is 36.4 Å². The molecule has 1 aromatic heterocycles. The molecule has 2 aromatic rings. The quantitative estimate of drug-likeness (QED) is 0.719. The Morgan fingerprint density at radius 3 is 2.50 bits per heavy atom. The number of piperidine rings is 1. The molecule has 1 fully saturated rings. The van der Waals surface area contributed by atoms with Gasteiger partial charge >= 0.3 is 0 Å². The number of anilines is 1. The van der Waals surface area contributed by atoms with E-state index in [1.54, 1.807) is 24.5 Å². The van der Waals surface area contributed by atoms with Gasteiger partial charge in [0.2, 0.25) is 5.95 Å². The number of sulfonamides is 1. The van der Waals surface area contributed by atoms with Gasteiger partial charge in [0.1, 0.15) is 4.90 Å². The molecule has 26 heavy (non-hydrogen) atoms. The third-order valence-corrected chi connectivity index (χ3v) is 6.58. The Hall–Kier alpha value is -2.00. The van der Waals surface area contributed by atoms with Crippen molar-refractivity contribution in [3.05, 3.63) is 46.7 Å². The van der Waals surface area contributed by atoms with Gasteiger partial charge in [-0.2, -0.15) is 8.42 Å². The Balaban J connectivity index is 1.49. The van der Waals surface area contributed by atoms with Gasteiger partial charge in [0.25, 0.3) is 10.0 Å². The summed E-state index contributed by atoms with van der Waals surface area (Å²) in [5, 5.41) is 0. The van der Waals surface area contributed by atoms with Crippen LogP contribution in [-0.4, -0.2) is 55.3 Å². The molecule has 0 aliphatic carbocycles. The molecule has 0 bridgehead atoms. The monoisotopic (exact) mass is 435 g/mol. The summed E-state index contributed by atoms with van der Waals surface area (Å²) in [6.07, 6.45) is 5.26. The van der Waals surface area contributed by atoms with Gasteiger partial charge in [-0.15, -0.1) is 4.40 Å². The van der Waals surface area contributed by atoms with Crippen molar-refractivity contribution in [2.24, 2.45) is 4.40 Å². The van der Waals surface area contributed by atoms with E-state index < -0.39 is 10.0 Å². The standard InChI is InChI=1S/C17H18BrN5O2S/c1-22(16-14-4-2-3-5-15(14)26(24,25)21-16)13-6-8-23(9-7-13)17-19-10-12(18)11-20-17/h2-5,10-11,13H,6-9H2,1H3. The molecule has 3 heterocycles. The molecule has 136 valence electrons. The number of aromatic nitrogens is 2. The topological polar surface area (TPSA) is 78.8 Å². The number of nitrogens with zero attached hydrogens (tertiary/aromatic N) is 5. The lowest BCUT2D eigenvalue weighted by molar-refractivity contribution is 0.305. The van der Waals surface area contributed by atoms with Crippen molar-refractivity contribution in [1.82, 2.24) is 14.9 Å². The molecule has 1 aromatic carbocycles. The Labute approximate surface area is 161 Å². The molecule has 0 atom stereocenters. The zero-order valence-electron chi connectivity index (χ0n) is 14.2. The van der Waals surface area contributed by atoms with Crippen LogP contribution in [0.2, 0.25) is 0 Å². The van der Waals surface area contributed by atoms with Crippen LogP contribution in [0.3, 0.4) is 0 Å². The molecular weight excluding hydrogens is 418 g/mol. The molecule has 1 saturated heterocycles. The van der Waals surface area contributed by atoms with Crippen LogP contribution in [0.5, 0.6) is 0 Å². The number of hydrogen-bond donors (Lipinski definition) is 0. The average Bonchev–Trinajstić information content (AvgIpc) is 2.94. The van der Waals surface area contributed by atoms with E-state index in [0.29, 0.717) is 16.3 Å². The minimum Gasteiger partial charge on any atom is -0.355 e. The van der Waals surface area contributed by atoms with E-state index in [9.17, 15) is 8.42 Å². The largest absolute Gasteiger partial charge is 0.355 e. The summed E-state index contributed by atoms with van der Waals surface area (Å²) in [7, 11) is -1.66. The first-order chi connectivity index (χ1) is 12.5. The number of benzene rings is 1. The van der Waals surface area contributed by atoms with Gasteiger partial charge in [0.15, 0.2) is 5.84 Å². The molecule has 0 N–H and O–H groups in total. The smallest absolute Gasteiger partial charge is 0.285 e. The fourth-order valence-corrected chi connectivity index (χ4v) is 4.88. The predicted octanol–water partition coefficient (Wildman–Crippen LogP) is 2.29. The Kier molecular flexibility index (Phi) is 4.44. The van der Waals surface area contributed by atoms with Crippen LogP contribution >= 0.6 is 15.9 Å². The van der Waals surface area contributed by atoms with E-state index in [1.165, 1.54) is 0 Å². The second-order valence-corrected chi connectivity index (χ2v) is 8.90. The number of halogens is 1. The van der Waals surface area contributed by atoms with Crippen molar-refractivity contribution in [3.8, 4) is 0 Å². The van der Waals surface area contributed by atoms with Crippen LogP contribution in [0, 0.1) is 0 Å². The first-order valence-electron chi connectivity index (χ1n) is 8.35. The molecule has 2 aliphatic heterocycles. The van der Waals surface area contributed by atoms with Gasteiger partial charge in [-0.25, -0.2) is 9.97 Å². The third kappa shape index (κ3) is 3.09. The molecule has 2 aliphatic rings. The van der Waals surface area contributed by atoms with Crippen LogP contribution in [0.15, 0.2) is 50.4 Å². The summed E-state index contributed by atoms with van der Waals surface area (Å²) in [6, 6.07) is 7.23. The number of hydrogen-bond acceptors (Lipinski definition) is 6. The van der Waals surface area contributed by atoms with Gasteiger partial charge in [0.05, 0.1) is 4.47 Å². The first-order valence-corrected chi connectivity index (χ1v) is 10.6. The molecule has 0 radical (unpaired) electrons. The van der Waals surface area contributed by atoms with Crippen molar-refractivity contribution in [3.63, 3.8) is 0 Å². The molecule has 0 unspecified atom stereocenters. The lowest BCUT2D eigenvalue weighted by Crippen LogP contribution is -2.46. The highest BCUT2D eigenvalue weighted by Crippen LogP contribution is 2.29. The van der Waals surface area contributed by atoms with Crippen molar-refractivity contribution >= 4 is 37.7 Å². The van der Waals surface area contributed by atoms with Crippen LogP contribution in [-0.2, 0) is 10.0 Å². The fourth-order valence-electron chi connectivity index (χ4n) is 3.44. The molecule has 0 saturated carbocycles. The summed E-state index contributed by atoms with van der Waals surface area (Å²) < 4.78 is 29.4. The predicted molar refractivity (Wildman–Crippen MR) is 103 cm³/mol. The Morgan fingerprint density at radius 2 is 1.81 bits per heavy atom. The van der Waals surface area contributed by atoms with Gasteiger partial charge < -0.3 is 9.80 Å². The highest BCUT2D eigenvalue weighted by atomic mass is 79.9. The van der Waals surface area contributed by atoms with Crippen LogP contribution in [0.4, 0.5) is 5.95 Å². The molecule has 4 rings (SSSR count). The summed E-state index contributed by atoms with van der Waals surface area (Å²) in [4.78, 5) is 13.1. The van der Waals surface area contributed by atoms with E-state index in [4.69, 9.17) is 0 Å². The van der Waals surface area contributed by atoms with Gasteiger partial charge in [-0.05, 0) is 40.9 Å². The summed E-state index contributed by atoms with van der Waals surface area (Å²) in [6.45, 7) is 1.64. The minimum atomic E-state index is -3.58. The minimum absolute atomic E-state index is 0.224. The SMILES string of the molecule is CN(C1=NS(=O)(=O)c2ccccc21)C1CCN(c2ncc(Br)cn2)CC1.